The Balaban J connectivity index is 2.15. The highest BCUT2D eigenvalue weighted by Crippen LogP contribution is 2.22. The zero-order chi connectivity index (χ0) is 14.8. The first-order valence-corrected chi connectivity index (χ1v) is 7.86. The minimum Gasteiger partial charge on any atom is -0.397 e. The zero-order valence-corrected chi connectivity index (χ0v) is 13.0. The fraction of sp³-hybridized carbons (Fsp3) is 0.562. The van der Waals surface area contributed by atoms with Crippen LogP contribution < -0.4 is 11.1 Å². The molecule has 0 bridgehead atoms. The molecule has 112 valence electrons. The van der Waals surface area contributed by atoms with Crippen molar-refractivity contribution in [3.8, 4) is 0 Å². The van der Waals surface area contributed by atoms with Gasteiger partial charge in [-0.05, 0) is 24.6 Å². The summed E-state index contributed by atoms with van der Waals surface area (Å²) in [6, 6.07) is 5.15. The van der Waals surface area contributed by atoms with E-state index in [0.717, 1.165) is 12.8 Å². The molecule has 0 aliphatic rings. The summed E-state index contributed by atoms with van der Waals surface area (Å²) < 4.78 is 0. The molecule has 20 heavy (non-hydrogen) atoms. The van der Waals surface area contributed by atoms with Crippen molar-refractivity contribution < 1.29 is 4.79 Å². The Kier molecular flexibility index (Phi) is 8.12. The summed E-state index contributed by atoms with van der Waals surface area (Å²) in [7, 11) is 0. The Bertz CT molecular complexity index is 421. The van der Waals surface area contributed by atoms with Gasteiger partial charge in [0.05, 0.1) is 10.7 Å². The van der Waals surface area contributed by atoms with E-state index in [-0.39, 0.29) is 5.91 Å². The fourth-order valence-electron chi connectivity index (χ4n) is 2.09. The van der Waals surface area contributed by atoms with Crippen LogP contribution in [0.1, 0.15) is 58.3 Å². The van der Waals surface area contributed by atoms with Gasteiger partial charge in [-0.15, -0.1) is 0 Å². The Morgan fingerprint density at radius 3 is 2.45 bits per heavy atom. The number of carbonyl (C=O) groups is 1. The molecule has 0 aromatic heterocycles. The molecule has 0 saturated carbocycles. The van der Waals surface area contributed by atoms with Crippen LogP contribution in [0.2, 0.25) is 5.02 Å². The summed E-state index contributed by atoms with van der Waals surface area (Å²) in [5.74, 6) is 0.0419. The maximum Gasteiger partial charge on any atom is 0.224 e. The number of unbranched alkanes of at least 4 members (excludes halogenated alkanes) is 6. The first kappa shape index (κ1) is 16.8. The largest absolute Gasteiger partial charge is 0.397 e. The van der Waals surface area contributed by atoms with Crippen LogP contribution in [0.25, 0.3) is 0 Å². The summed E-state index contributed by atoms with van der Waals surface area (Å²) >= 11 is 5.83. The number of carbonyl (C=O) groups excluding carboxylic acids is 1. The monoisotopic (exact) mass is 296 g/mol. The predicted molar refractivity (Wildman–Crippen MR) is 87.1 cm³/mol. The Morgan fingerprint density at radius 1 is 1.15 bits per heavy atom. The Labute approximate surface area is 126 Å². The summed E-state index contributed by atoms with van der Waals surface area (Å²) in [6.45, 7) is 2.22. The molecule has 0 fully saturated rings. The fourth-order valence-corrected chi connectivity index (χ4v) is 2.21. The van der Waals surface area contributed by atoms with Crippen LogP contribution in [0.4, 0.5) is 11.4 Å². The van der Waals surface area contributed by atoms with Crippen molar-refractivity contribution in [1.82, 2.24) is 0 Å². The van der Waals surface area contributed by atoms with Gasteiger partial charge in [0, 0.05) is 12.1 Å². The zero-order valence-electron chi connectivity index (χ0n) is 12.3. The lowest BCUT2D eigenvalue weighted by Gasteiger charge is -2.07. The SMILES string of the molecule is CCCCCCCCCC(=O)Nc1ccc(Cl)c(N)c1. The van der Waals surface area contributed by atoms with E-state index in [4.69, 9.17) is 17.3 Å². The second-order valence-electron chi connectivity index (χ2n) is 5.16. The molecular weight excluding hydrogens is 272 g/mol. The molecule has 1 aromatic rings. The van der Waals surface area contributed by atoms with Crippen molar-refractivity contribution in [3.05, 3.63) is 23.2 Å². The van der Waals surface area contributed by atoms with E-state index in [1.54, 1.807) is 18.2 Å². The van der Waals surface area contributed by atoms with Crippen LogP contribution in [0, 0.1) is 0 Å². The number of nitrogen functional groups attached to an aromatic ring is 1. The number of nitrogens with one attached hydrogen (secondary N) is 1. The highest BCUT2D eigenvalue weighted by atomic mass is 35.5. The van der Waals surface area contributed by atoms with Gasteiger partial charge in [0.2, 0.25) is 5.91 Å². The number of hydrogen-bond donors (Lipinski definition) is 2. The number of benzene rings is 1. The lowest BCUT2D eigenvalue weighted by atomic mass is 10.1. The van der Waals surface area contributed by atoms with E-state index in [1.165, 1.54) is 32.1 Å². The molecule has 0 aliphatic carbocycles. The molecule has 0 saturated heterocycles. The molecule has 0 aliphatic heterocycles. The molecule has 0 atom stereocenters. The molecule has 0 spiro atoms. The van der Waals surface area contributed by atoms with Gasteiger partial charge in [-0.1, -0.05) is 57.0 Å². The number of halogens is 1. The quantitative estimate of drug-likeness (QED) is 0.497. The predicted octanol–water partition coefficient (Wildman–Crippen LogP) is 5.00. The van der Waals surface area contributed by atoms with Crippen molar-refractivity contribution >= 4 is 28.9 Å². The first-order valence-electron chi connectivity index (χ1n) is 7.48. The minimum atomic E-state index is 0.0419. The van der Waals surface area contributed by atoms with Crippen LogP contribution in [0.5, 0.6) is 0 Å². The van der Waals surface area contributed by atoms with Gasteiger partial charge < -0.3 is 11.1 Å². The van der Waals surface area contributed by atoms with E-state index >= 15 is 0 Å². The van der Waals surface area contributed by atoms with Crippen molar-refractivity contribution in [2.24, 2.45) is 0 Å². The average molecular weight is 297 g/mol. The number of rotatable bonds is 9. The third kappa shape index (κ3) is 6.80. The van der Waals surface area contributed by atoms with Crippen LogP contribution in [-0.2, 0) is 4.79 Å². The van der Waals surface area contributed by atoms with E-state index in [1.807, 2.05) is 0 Å². The Morgan fingerprint density at radius 2 is 1.80 bits per heavy atom. The molecule has 1 amide bonds. The van der Waals surface area contributed by atoms with Crippen LogP contribution in [0.3, 0.4) is 0 Å². The van der Waals surface area contributed by atoms with E-state index in [0.29, 0.717) is 22.8 Å². The second kappa shape index (κ2) is 9.65. The maximum atomic E-state index is 11.8. The maximum absolute atomic E-state index is 11.8. The summed E-state index contributed by atoms with van der Waals surface area (Å²) in [5, 5.41) is 3.35. The lowest BCUT2D eigenvalue weighted by molar-refractivity contribution is -0.116. The Hall–Kier alpha value is -1.22. The van der Waals surface area contributed by atoms with E-state index in [9.17, 15) is 4.79 Å². The van der Waals surface area contributed by atoms with Crippen molar-refractivity contribution in [1.29, 1.82) is 0 Å². The normalized spacial score (nSPS) is 10.5. The third-order valence-corrected chi connectivity index (χ3v) is 3.63. The number of hydrogen-bond acceptors (Lipinski definition) is 2. The van der Waals surface area contributed by atoms with E-state index < -0.39 is 0 Å². The standard InChI is InChI=1S/C16H25ClN2O/c1-2-3-4-5-6-7-8-9-16(20)19-13-10-11-14(17)15(18)12-13/h10-12H,2-9,18H2,1H3,(H,19,20). The van der Waals surface area contributed by atoms with Crippen LogP contribution in [-0.4, -0.2) is 5.91 Å². The highest BCUT2D eigenvalue weighted by Gasteiger charge is 2.04. The molecular formula is C16H25ClN2O. The highest BCUT2D eigenvalue weighted by molar-refractivity contribution is 6.33. The molecule has 4 heteroatoms. The smallest absolute Gasteiger partial charge is 0.224 e. The third-order valence-electron chi connectivity index (χ3n) is 3.29. The number of amides is 1. The molecule has 0 heterocycles. The van der Waals surface area contributed by atoms with Crippen molar-refractivity contribution in [3.63, 3.8) is 0 Å². The second-order valence-corrected chi connectivity index (χ2v) is 5.56. The van der Waals surface area contributed by atoms with Crippen molar-refractivity contribution in [2.75, 3.05) is 11.1 Å². The van der Waals surface area contributed by atoms with Crippen molar-refractivity contribution in [2.45, 2.75) is 58.3 Å². The van der Waals surface area contributed by atoms with Gasteiger partial charge in [-0.3, -0.25) is 4.79 Å². The average Bonchev–Trinajstić information content (AvgIpc) is 2.42. The minimum absolute atomic E-state index is 0.0419. The number of anilines is 2. The van der Waals surface area contributed by atoms with Gasteiger partial charge in [0.25, 0.3) is 0 Å². The summed E-state index contributed by atoms with van der Waals surface area (Å²) in [4.78, 5) is 11.8. The van der Waals surface area contributed by atoms with Gasteiger partial charge in [0.15, 0.2) is 0 Å². The van der Waals surface area contributed by atoms with Gasteiger partial charge >= 0.3 is 0 Å². The van der Waals surface area contributed by atoms with Crippen LogP contribution in [0.15, 0.2) is 18.2 Å². The topological polar surface area (TPSA) is 55.1 Å². The molecule has 1 rings (SSSR count). The van der Waals surface area contributed by atoms with Gasteiger partial charge in [-0.25, -0.2) is 0 Å². The molecule has 0 radical (unpaired) electrons. The lowest BCUT2D eigenvalue weighted by Crippen LogP contribution is -2.11. The first-order chi connectivity index (χ1) is 9.63. The summed E-state index contributed by atoms with van der Waals surface area (Å²) in [6.07, 6.45) is 9.04. The van der Waals surface area contributed by atoms with Gasteiger partial charge in [0.1, 0.15) is 0 Å². The summed E-state index contributed by atoms with van der Waals surface area (Å²) in [5.41, 5.74) is 6.89. The molecule has 3 N–H and O–H groups in total. The van der Waals surface area contributed by atoms with Gasteiger partial charge in [-0.2, -0.15) is 0 Å². The van der Waals surface area contributed by atoms with E-state index in [2.05, 4.69) is 12.2 Å². The molecule has 3 nitrogen and oxygen atoms in total. The molecule has 0 unspecified atom stereocenters. The molecule has 1 aromatic carbocycles. The number of nitrogens with two attached hydrogens (primary N) is 1. The van der Waals surface area contributed by atoms with Crippen LogP contribution >= 0.6 is 11.6 Å².